The third kappa shape index (κ3) is 5.81. The molecule has 0 aromatic carbocycles. The first-order valence-electron chi connectivity index (χ1n) is 9.56. The van der Waals surface area contributed by atoms with Crippen LogP contribution in [-0.2, 0) is 4.74 Å². The number of hydrogen-bond donors (Lipinski definition) is 0. The van der Waals surface area contributed by atoms with Crippen molar-refractivity contribution in [3.8, 4) is 5.75 Å². The summed E-state index contributed by atoms with van der Waals surface area (Å²) in [7, 11) is 0. The van der Waals surface area contributed by atoms with Crippen LogP contribution in [0, 0.1) is 0 Å². The quantitative estimate of drug-likeness (QED) is 0.767. The molecule has 0 spiro atoms. The van der Waals surface area contributed by atoms with Crippen LogP contribution in [0.2, 0.25) is 0 Å². The molecule has 1 amide bonds. The number of nitrogens with zero attached hydrogens (tertiary/aromatic N) is 3. The van der Waals surface area contributed by atoms with Gasteiger partial charge in [0.1, 0.15) is 18.0 Å². The molecule has 0 unspecified atom stereocenters. The standard InChI is InChI=1S/C22H27N3O3/c1-22(2,3)28-21(26)25-12-4-5-19(25)16-27-20-13-18(14-24-15-20)7-6-17-8-10-23-11-9-17/h6-11,13-15,19H,4-5,12,16H2,1-3H3/t19-/m0/s1. The highest BCUT2D eigenvalue weighted by molar-refractivity contribution is 5.69. The average molecular weight is 381 g/mol. The van der Waals surface area contributed by atoms with Gasteiger partial charge < -0.3 is 14.4 Å². The highest BCUT2D eigenvalue weighted by Crippen LogP contribution is 2.22. The van der Waals surface area contributed by atoms with Crippen molar-refractivity contribution in [3.05, 3.63) is 54.1 Å². The van der Waals surface area contributed by atoms with Gasteiger partial charge in [-0.2, -0.15) is 0 Å². The Morgan fingerprint density at radius 1 is 1.18 bits per heavy atom. The SMILES string of the molecule is CC(C)(C)OC(=O)N1CCC[C@H]1COc1cncc(C=Cc2ccncc2)c1. The Kier molecular flexibility index (Phi) is 6.29. The maximum Gasteiger partial charge on any atom is 0.410 e. The van der Waals surface area contributed by atoms with Crippen molar-refractivity contribution in [2.24, 2.45) is 0 Å². The molecule has 1 aliphatic heterocycles. The minimum absolute atomic E-state index is 0.0193. The molecule has 6 heteroatoms. The number of likely N-dealkylation sites (tertiary alicyclic amines) is 1. The summed E-state index contributed by atoms with van der Waals surface area (Å²) in [5.74, 6) is 0.688. The van der Waals surface area contributed by atoms with Crippen LogP contribution < -0.4 is 4.74 Å². The highest BCUT2D eigenvalue weighted by atomic mass is 16.6. The highest BCUT2D eigenvalue weighted by Gasteiger charge is 2.32. The van der Waals surface area contributed by atoms with E-state index in [1.54, 1.807) is 29.7 Å². The lowest BCUT2D eigenvalue weighted by atomic mass is 10.2. The lowest BCUT2D eigenvalue weighted by Crippen LogP contribution is -2.42. The van der Waals surface area contributed by atoms with Crippen LogP contribution in [0.1, 0.15) is 44.7 Å². The van der Waals surface area contributed by atoms with E-state index in [4.69, 9.17) is 9.47 Å². The fourth-order valence-corrected chi connectivity index (χ4v) is 3.03. The minimum atomic E-state index is -0.496. The number of amides is 1. The zero-order chi connectivity index (χ0) is 20.0. The summed E-state index contributed by atoms with van der Waals surface area (Å²) >= 11 is 0. The Labute approximate surface area is 166 Å². The zero-order valence-electron chi connectivity index (χ0n) is 16.7. The van der Waals surface area contributed by atoms with Gasteiger partial charge in [-0.15, -0.1) is 0 Å². The third-order valence-electron chi connectivity index (χ3n) is 4.36. The molecule has 3 heterocycles. The summed E-state index contributed by atoms with van der Waals surface area (Å²) in [6, 6.07) is 5.84. The summed E-state index contributed by atoms with van der Waals surface area (Å²) in [4.78, 5) is 22.4. The first-order valence-corrected chi connectivity index (χ1v) is 9.56. The van der Waals surface area contributed by atoms with Gasteiger partial charge in [0.25, 0.3) is 0 Å². The van der Waals surface area contributed by atoms with Crippen LogP contribution in [0.5, 0.6) is 5.75 Å². The van der Waals surface area contributed by atoms with Gasteiger partial charge in [-0.1, -0.05) is 12.2 Å². The van der Waals surface area contributed by atoms with E-state index in [0.29, 0.717) is 18.9 Å². The number of aromatic nitrogens is 2. The minimum Gasteiger partial charge on any atom is -0.490 e. The maximum atomic E-state index is 12.4. The van der Waals surface area contributed by atoms with E-state index in [-0.39, 0.29) is 12.1 Å². The fraction of sp³-hybridized carbons (Fsp3) is 0.409. The van der Waals surface area contributed by atoms with Gasteiger partial charge in [0.15, 0.2) is 0 Å². The Morgan fingerprint density at radius 2 is 1.93 bits per heavy atom. The molecule has 6 nitrogen and oxygen atoms in total. The third-order valence-corrected chi connectivity index (χ3v) is 4.36. The van der Waals surface area contributed by atoms with E-state index in [9.17, 15) is 4.79 Å². The number of hydrogen-bond acceptors (Lipinski definition) is 5. The van der Waals surface area contributed by atoms with Crippen molar-refractivity contribution >= 4 is 18.2 Å². The number of carbonyl (C=O) groups is 1. The fourth-order valence-electron chi connectivity index (χ4n) is 3.03. The maximum absolute atomic E-state index is 12.4. The molecule has 0 N–H and O–H groups in total. The van der Waals surface area contributed by atoms with Gasteiger partial charge in [-0.05, 0) is 62.9 Å². The van der Waals surface area contributed by atoms with Gasteiger partial charge in [-0.3, -0.25) is 9.97 Å². The smallest absolute Gasteiger partial charge is 0.410 e. The first kappa shape index (κ1) is 19.9. The van der Waals surface area contributed by atoms with Gasteiger partial charge >= 0.3 is 6.09 Å². The number of rotatable bonds is 5. The van der Waals surface area contributed by atoms with E-state index >= 15 is 0 Å². The van der Waals surface area contributed by atoms with Crippen molar-refractivity contribution in [3.63, 3.8) is 0 Å². The Bertz CT molecular complexity index is 815. The molecule has 1 atom stereocenters. The van der Waals surface area contributed by atoms with Crippen LogP contribution in [-0.4, -0.2) is 45.8 Å². The van der Waals surface area contributed by atoms with E-state index in [0.717, 1.165) is 24.0 Å². The molecule has 148 valence electrons. The molecule has 1 saturated heterocycles. The van der Waals surface area contributed by atoms with Crippen molar-refractivity contribution < 1.29 is 14.3 Å². The van der Waals surface area contributed by atoms with Crippen molar-refractivity contribution in [1.82, 2.24) is 14.9 Å². The van der Waals surface area contributed by atoms with Crippen molar-refractivity contribution in [2.45, 2.75) is 45.3 Å². The lowest BCUT2D eigenvalue weighted by Gasteiger charge is -2.28. The molecule has 2 aromatic rings. The van der Waals surface area contributed by atoms with Gasteiger partial charge in [0.05, 0.1) is 12.2 Å². The van der Waals surface area contributed by atoms with Crippen molar-refractivity contribution in [1.29, 1.82) is 0 Å². The van der Waals surface area contributed by atoms with Crippen LogP contribution >= 0.6 is 0 Å². The van der Waals surface area contributed by atoms with E-state index in [2.05, 4.69) is 9.97 Å². The second kappa shape index (κ2) is 8.87. The normalized spacial score (nSPS) is 17.1. The second-order valence-electron chi connectivity index (χ2n) is 7.85. The average Bonchev–Trinajstić information content (AvgIpc) is 3.13. The van der Waals surface area contributed by atoms with Crippen LogP contribution in [0.3, 0.4) is 0 Å². The molecule has 0 radical (unpaired) electrons. The van der Waals surface area contributed by atoms with Gasteiger partial charge in [0, 0.05) is 25.1 Å². The summed E-state index contributed by atoms with van der Waals surface area (Å²) < 4.78 is 11.4. The molecule has 28 heavy (non-hydrogen) atoms. The molecule has 0 bridgehead atoms. The molecule has 0 saturated carbocycles. The Morgan fingerprint density at radius 3 is 2.68 bits per heavy atom. The Balaban J connectivity index is 1.58. The molecule has 3 rings (SSSR count). The summed E-state index contributed by atoms with van der Waals surface area (Å²) in [6.45, 7) is 6.77. The largest absolute Gasteiger partial charge is 0.490 e. The topological polar surface area (TPSA) is 64.5 Å². The first-order chi connectivity index (χ1) is 13.4. The molecule has 0 aliphatic carbocycles. The summed E-state index contributed by atoms with van der Waals surface area (Å²) in [6.07, 6.45) is 12.6. The lowest BCUT2D eigenvalue weighted by molar-refractivity contribution is 0.0187. The number of pyridine rings is 2. The summed E-state index contributed by atoms with van der Waals surface area (Å²) in [5, 5.41) is 0. The predicted octanol–water partition coefficient (Wildman–Crippen LogP) is 4.43. The molecule has 1 fully saturated rings. The van der Waals surface area contributed by atoms with Crippen LogP contribution in [0.15, 0.2) is 43.0 Å². The summed E-state index contributed by atoms with van der Waals surface area (Å²) in [5.41, 5.74) is 1.52. The predicted molar refractivity (Wildman–Crippen MR) is 109 cm³/mol. The Hall–Kier alpha value is -2.89. The number of ether oxygens (including phenoxy) is 2. The monoisotopic (exact) mass is 381 g/mol. The van der Waals surface area contributed by atoms with Crippen molar-refractivity contribution in [2.75, 3.05) is 13.2 Å². The van der Waals surface area contributed by atoms with Gasteiger partial charge in [-0.25, -0.2) is 4.79 Å². The molecular formula is C22H27N3O3. The second-order valence-corrected chi connectivity index (χ2v) is 7.85. The zero-order valence-corrected chi connectivity index (χ0v) is 16.7. The molecule has 1 aliphatic rings. The van der Waals surface area contributed by atoms with Gasteiger partial charge in [0.2, 0.25) is 0 Å². The van der Waals surface area contributed by atoms with E-state index in [1.807, 2.05) is 51.1 Å². The van der Waals surface area contributed by atoms with E-state index < -0.39 is 5.60 Å². The molecule has 2 aromatic heterocycles. The van der Waals surface area contributed by atoms with E-state index in [1.165, 1.54) is 0 Å². The van der Waals surface area contributed by atoms with Crippen LogP contribution in [0.25, 0.3) is 12.2 Å². The number of carbonyl (C=O) groups excluding carboxylic acids is 1. The van der Waals surface area contributed by atoms with Crippen LogP contribution in [0.4, 0.5) is 4.79 Å². The molecular weight excluding hydrogens is 354 g/mol.